The fraction of sp³-hybridized carbons (Fsp3) is 0.250. The molecule has 2 N–H and O–H groups in total. The highest BCUT2D eigenvalue weighted by Crippen LogP contribution is 2.30. The Kier molecular flexibility index (Phi) is 4.89. The summed E-state index contributed by atoms with van der Waals surface area (Å²) in [5, 5.41) is 16.3. The van der Waals surface area contributed by atoms with Crippen LogP contribution < -0.4 is 10.9 Å². The number of fused-ring (bicyclic) bond motifs is 3. The van der Waals surface area contributed by atoms with Crippen LogP contribution in [0.15, 0.2) is 64.9 Å². The van der Waals surface area contributed by atoms with Gasteiger partial charge in [0.2, 0.25) is 0 Å². The maximum atomic E-state index is 13.4. The van der Waals surface area contributed by atoms with Crippen molar-refractivity contribution in [1.29, 1.82) is 0 Å². The number of carbonyl (C=O) groups excluding carboxylic acids is 1. The van der Waals surface area contributed by atoms with Crippen molar-refractivity contribution >= 4 is 32.8 Å². The van der Waals surface area contributed by atoms with Crippen molar-refractivity contribution in [3.8, 4) is 11.1 Å². The van der Waals surface area contributed by atoms with Crippen LogP contribution in [0.25, 0.3) is 26.7 Å². The van der Waals surface area contributed by atoms with Gasteiger partial charge >= 0.3 is 0 Å². The minimum atomic E-state index is -0.532. The quantitative estimate of drug-likeness (QED) is 0.523. The van der Waals surface area contributed by atoms with Gasteiger partial charge in [-0.15, -0.1) is 11.3 Å². The smallest absolute Gasteiger partial charge is 0.263 e. The third-order valence-corrected chi connectivity index (χ3v) is 6.86. The van der Waals surface area contributed by atoms with E-state index in [1.54, 1.807) is 16.7 Å². The van der Waals surface area contributed by atoms with Crippen LogP contribution in [-0.4, -0.2) is 27.6 Å². The number of carbonyl (C=O) groups is 1. The van der Waals surface area contributed by atoms with Crippen molar-refractivity contribution in [2.45, 2.75) is 37.8 Å². The zero-order valence-corrected chi connectivity index (χ0v) is 17.2. The summed E-state index contributed by atoms with van der Waals surface area (Å²) in [5.41, 5.74) is 2.18. The number of pyridine rings is 2. The summed E-state index contributed by atoms with van der Waals surface area (Å²) in [5.74, 6) is -0.253. The van der Waals surface area contributed by atoms with Crippen LogP contribution in [0.1, 0.15) is 36.0 Å². The number of aliphatic hydroxyl groups is 1. The van der Waals surface area contributed by atoms with Crippen LogP contribution in [-0.2, 0) is 0 Å². The van der Waals surface area contributed by atoms with Gasteiger partial charge in [-0.1, -0.05) is 43.2 Å². The lowest BCUT2D eigenvalue weighted by atomic mass is 9.92. The molecule has 2 unspecified atom stereocenters. The molecule has 4 aromatic rings. The second kappa shape index (κ2) is 7.70. The first-order valence-electron chi connectivity index (χ1n) is 10.2. The molecular formula is C24H22N2O3S. The number of aromatic nitrogens is 1. The first kappa shape index (κ1) is 19.0. The maximum absolute atomic E-state index is 13.4. The Balaban J connectivity index is 1.72. The summed E-state index contributed by atoms with van der Waals surface area (Å²) in [7, 11) is 0. The van der Waals surface area contributed by atoms with E-state index in [2.05, 4.69) is 5.32 Å². The van der Waals surface area contributed by atoms with Crippen molar-refractivity contribution in [3.05, 3.63) is 76.0 Å². The van der Waals surface area contributed by atoms with Crippen molar-refractivity contribution in [2.75, 3.05) is 0 Å². The van der Waals surface area contributed by atoms with Crippen molar-refractivity contribution < 1.29 is 9.90 Å². The van der Waals surface area contributed by atoms with E-state index < -0.39 is 6.10 Å². The topological polar surface area (TPSA) is 70.8 Å². The second-order valence-corrected chi connectivity index (χ2v) is 8.73. The third kappa shape index (κ3) is 3.22. The summed E-state index contributed by atoms with van der Waals surface area (Å²) in [6.45, 7) is 0. The highest BCUT2D eigenvalue weighted by Gasteiger charge is 2.26. The van der Waals surface area contributed by atoms with E-state index in [1.165, 1.54) is 11.3 Å². The number of hydrogen-bond acceptors (Lipinski definition) is 4. The van der Waals surface area contributed by atoms with Crippen molar-refractivity contribution in [3.63, 3.8) is 0 Å². The van der Waals surface area contributed by atoms with Gasteiger partial charge in [-0.3, -0.25) is 14.0 Å². The van der Waals surface area contributed by atoms with Crippen molar-refractivity contribution in [1.82, 2.24) is 9.72 Å². The Morgan fingerprint density at radius 2 is 1.90 bits per heavy atom. The summed E-state index contributed by atoms with van der Waals surface area (Å²) in [6.07, 6.45) is 4.63. The van der Waals surface area contributed by atoms with E-state index in [-0.39, 0.29) is 17.5 Å². The average molecular weight is 419 g/mol. The monoisotopic (exact) mass is 418 g/mol. The molecule has 30 heavy (non-hydrogen) atoms. The van der Waals surface area contributed by atoms with Gasteiger partial charge in [0.15, 0.2) is 0 Å². The molecule has 5 rings (SSSR count). The highest BCUT2D eigenvalue weighted by molar-refractivity contribution is 7.18. The molecule has 1 aromatic carbocycles. The van der Waals surface area contributed by atoms with Crippen LogP contribution >= 0.6 is 11.3 Å². The fourth-order valence-electron chi connectivity index (χ4n) is 4.33. The summed E-state index contributed by atoms with van der Waals surface area (Å²) >= 11 is 1.52. The zero-order valence-electron chi connectivity index (χ0n) is 16.4. The molecule has 0 bridgehead atoms. The highest BCUT2D eigenvalue weighted by atomic mass is 32.1. The third-order valence-electron chi connectivity index (χ3n) is 5.92. The van der Waals surface area contributed by atoms with E-state index >= 15 is 0 Å². The van der Waals surface area contributed by atoms with Crippen LogP contribution in [0.4, 0.5) is 0 Å². The molecule has 0 radical (unpaired) electrons. The number of nitrogens with zero attached hydrogens (tertiary/aromatic N) is 1. The molecule has 3 aromatic heterocycles. The lowest BCUT2D eigenvalue weighted by Crippen LogP contribution is -2.45. The number of benzene rings is 1. The molecule has 6 heteroatoms. The van der Waals surface area contributed by atoms with Crippen LogP contribution in [0.3, 0.4) is 0 Å². The average Bonchev–Trinajstić information content (AvgIpc) is 3.25. The predicted octanol–water partition coefficient (Wildman–Crippen LogP) is 4.21. The van der Waals surface area contributed by atoms with E-state index in [9.17, 15) is 14.7 Å². The standard InChI is InChI=1S/C24H22N2O3S/c27-20-9-5-4-8-19(20)25-23(28)18-14-17(15-6-2-1-3-7-15)24(29)26-12-10-16-11-13-30-22(16)21(18)26/h1-3,6-7,10-14,19-20,27H,4-5,8-9H2,(H,25,28). The maximum Gasteiger partial charge on any atom is 0.263 e. The van der Waals surface area contributed by atoms with Gasteiger partial charge in [0.05, 0.1) is 27.9 Å². The summed E-state index contributed by atoms with van der Waals surface area (Å²) in [6, 6.07) is 14.7. The summed E-state index contributed by atoms with van der Waals surface area (Å²) < 4.78 is 2.48. The summed E-state index contributed by atoms with van der Waals surface area (Å²) in [4.78, 5) is 26.7. The van der Waals surface area contributed by atoms with Crippen LogP contribution in [0.2, 0.25) is 0 Å². The fourth-order valence-corrected chi connectivity index (χ4v) is 5.27. The number of nitrogens with one attached hydrogen (secondary N) is 1. The SMILES string of the molecule is O=C(NC1CCCCC1O)c1cc(-c2ccccc2)c(=O)n2ccc3ccsc3c12. The molecule has 152 valence electrons. The molecule has 0 spiro atoms. The molecule has 1 amide bonds. The van der Waals surface area contributed by atoms with Crippen LogP contribution in [0, 0.1) is 0 Å². The number of hydrogen-bond donors (Lipinski definition) is 2. The van der Waals surface area contributed by atoms with E-state index in [4.69, 9.17) is 0 Å². The number of aliphatic hydroxyl groups excluding tert-OH is 1. The minimum absolute atomic E-state index is 0.152. The zero-order chi connectivity index (χ0) is 20.7. The van der Waals surface area contributed by atoms with Gasteiger partial charge in [0, 0.05) is 11.8 Å². The Bertz CT molecular complexity index is 1290. The Morgan fingerprint density at radius 1 is 1.10 bits per heavy atom. The Hall–Kier alpha value is -2.96. The molecular weight excluding hydrogens is 396 g/mol. The first-order valence-corrected chi connectivity index (χ1v) is 11.1. The van der Waals surface area contributed by atoms with Gasteiger partial charge in [-0.05, 0) is 47.4 Å². The van der Waals surface area contributed by atoms with Crippen molar-refractivity contribution in [2.24, 2.45) is 0 Å². The van der Waals surface area contributed by atoms with E-state index in [0.29, 0.717) is 23.1 Å². The number of rotatable bonds is 3. The molecule has 0 saturated heterocycles. The lowest BCUT2D eigenvalue weighted by molar-refractivity contribution is 0.0718. The molecule has 3 heterocycles. The normalized spacial score (nSPS) is 19.2. The van der Waals surface area contributed by atoms with Gasteiger partial charge in [0.1, 0.15) is 0 Å². The predicted molar refractivity (Wildman–Crippen MR) is 120 cm³/mol. The van der Waals surface area contributed by atoms with Gasteiger partial charge in [-0.25, -0.2) is 0 Å². The molecule has 1 aliphatic carbocycles. The molecule has 1 fully saturated rings. The Labute approximate surface area is 177 Å². The van der Waals surface area contributed by atoms with E-state index in [1.807, 2.05) is 47.8 Å². The largest absolute Gasteiger partial charge is 0.391 e. The Morgan fingerprint density at radius 3 is 2.70 bits per heavy atom. The lowest BCUT2D eigenvalue weighted by Gasteiger charge is -2.28. The van der Waals surface area contributed by atoms with E-state index in [0.717, 1.165) is 34.9 Å². The molecule has 0 aliphatic heterocycles. The minimum Gasteiger partial charge on any atom is -0.391 e. The molecule has 5 nitrogen and oxygen atoms in total. The van der Waals surface area contributed by atoms with Gasteiger partial charge < -0.3 is 10.4 Å². The van der Waals surface area contributed by atoms with Gasteiger partial charge in [0.25, 0.3) is 11.5 Å². The molecule has 1 aliphatic rings. The van der Waals surface area contributed by atoms with Gasteiger partial charge in [-0.2, -0.15) is 0 Å². The second-order valence-electron chi connectivity index (χ2n) is 7.81. The molecule has 2 atom stereocenters. The first-order chi connectivity index (χ1) is 14.6. The number of thiophene rings is 1. The number of amides is 1. The van der Waals surface area contributed by atoms with Crippen LogP contribution in [0.5, 0.6) is 0 Å². The molecule has 1 saturated carbocycles.